The predicted molar refractivity (Wildman–Crippen MR) is 83.0 cm³/mol. The van der Waals surface area contributed by atoms with Crippen LogP contribution < -0.4 is 5.32 Å². The largest absolute Gasteiger partial charge is 0.396 e. The van der Waals surface area contributed by atoms with Gasteiger partial charge in [0.25, 0.3) is 0 Å². The van der Waals surface area contributed by atoms with Gasteiger partial charge in [0, 0.05) is 31.5 Å². The second-order valence-corrected chi connectivity index (χ2v) is 5.17. The number of nitrogens with one attached hydrogen (secondary N) is 1. The van der Waals surface area contributed by atoms with Crippen molar-refractivity contribution < 1.29 is 9.90 Å². The molecular formula is C17H22N2O2. The van der Waals surface area contributed by atoms with Gasteiger partial charge in [-0.25, -0.2) is 0 Å². The number of benzene rings is 1. The first-order valence-corrected chi connectivity index (χ1v) is 7.28. The number of rotatable bonds is 7. The minimum absolute atomic E-state index is 0.00919. The van der Waals surface area contributed by atoms with Crippen molar-refractivity contribution in [2.45, 2.75) is 25.3 Å². The van der Waals surface area contributed by atoms with Crippen molar-refractivity contribution in [2.75, 3.05) is 13.2 Å². The molecule has 1 heterocycles. The first-order valence-electron chi connectivity index (χ1n) is 7.28. The third-order valence-electron chi connectivity index (χ3n) is 3.73. The molecule has 2 aromatic rings. The lowest BCUT2D eigenvalue weighted by molar-refractivity contribution is -0.123. The second kappa shape index (κ2) is 7.64. The van der Waals surface area contributed by atoms with Crippen LogP contribution in [-0.2, 0) is 4.79 Å². The number of aliphatic hydroxyl groups is 1. The monoisotopic (exact) mass is 286 g/mol. The molecule has 0 saturated heterocycles. The van der Waals surface area contributed by atoms with E-state index in [1.165, 1.54) is 0 Å². The van der Waals surface area contributed by atoms with Gasteiger partial charge in [-0.15, -0.1) is 0 Å². The SMILES string of the molecule is CC(C(=O)NCC(CCO)c1ccccc1)n1cccc1. The summed E-state index contributed by atoms with van der Waals surface area (Å²) in [4.78, 5) is 12.2. The fourth-order valence-electron chi connectivity index (χ4n) is 2.38. The van der Waals surface area contributed by atoms with Gasteiger partial charge in [-0.3, -0.25) is 4.79 Å². The Morgan fingerprint density at radius 1 is 1.19 bits per heavy atom. The van der Waals surface area contributed by atoms with Crippen LogP contribution in [0, 0.1) is 0 Å². The highest BCUT2D eigenvalue weighted by Gasteiger charge is 2.16. The Kier molecular flexibility index (Phi) is 5.58. The second-order valence-electron chi connectivity index (χ2n) is 5.17. The molecule has 2 rings (SSSR count). The quantitative estimate of drug-likeness (QED) is 0.821. The number of hydrogen-bond donors (Lipinski definition) is 2. The fourth-order valence-corrected chi connectivity index (χ4v) is 2.38. The fraction of sp³-hybridized carbons (Fsp3) is 0.353. The summed E-state index contributed by atoms with van der Waals surface area (Å²) >= 11 is 0. The van der Waals surface area contributed by atoms with Crippen molar-refractivity contribution in [2.24, 2.45) is 0 Å². The highest BCUT2D eigenvalue weighted by Crippen LogP contribution is 2.18. The van der Waals surface area contributed by atoms with Crippen LogP contribution in [0.15, 0.2) is 54.9 Å². The van der Waals surface area contributed by atoms with E-state index in [1.54, 1.807) is 0 Å². The number of hydrogen-bond acceptors (Lipinski definition) is 2. The summed E-state index contributed by atoms with van der Waals surface area (Å²) in [6, 6.07) is 13.6. The molecule has 0 aliphatic heterocycles. The van der Waals surface area contributed by atoms with Crippen LogP contribution in [0.5, 0.6) is 0 Å². The van der Waals surface area contributed by atoms with Crippen molar-refractivity contribution >= 4 is 5.91 Å². The molecule has 0 saturated carbocycles. The normalized spacial score (nSPS) is 13.6. The Labute approximate surface area is 125 Å². The molecule has 1 amide bonds. The Morgan fingerprint density at radius 3 is 2.48 bits per heavy atom. The molecule has 4 nitrogen and oxygen atoms in total. The third-order valence-corrected chi connectivity index (χ3v) is 3.73. The first kappa shape index (κ1) is 15.3. The molecule has 0 aliphatic carbocycles. The number of carbonyl (C=O) groups is 1. The maximum atomic E-state index is 12.2. The highest BCUT2D eigenvalue weighted by atomic mass is 16.3. The van der Waals surface area contributed by atoms with Gasteiger partial charge in [0.05, 0.1) is 0 Å². The van der Waals surface area contributed by atoms with Crippen LogP contribution in [0.2, 0.25) is 0 Å². The van der Waals surface area contributed by atoms with Crippen molar-refractivity contribution in [1.29, 1.82) is 0 Å². The summed E-state index contributed by atoms with van der Waals surface area (Å²) < 4.78 is 1.87. The van der Waals surface area contributed by atoms with E-state index in [2.05, 4.69) is 5.32 Å². The molecule has 21 heavy (non-hydrogen) atoms. The number of carbonyl (C=O) groups excluding carboxylic acids is 1. The number of amides is 1. The predicted octanol–water partition coefficient (Wildman–Crippen LogP) is 2.33. The molecule has 0 spiro atoms. The van der Waals surface area contributed by atoms with Crippen molar-refractivity contribution in [1.82, 2.24) is 9.88 Å². The van der Waals surface area contributed by atoms with Gasteiger partial charge in [0.1, 0.15) is 6.04 Å². The molecule has 2 atom stereocenters. The lowest BCUT2D eigenvalue weighted by Gasteiger charge is -2.19. The van der Waals surface area contributed by atoms with Gasteiger partial charge >= 0.3 is 0 Å². The Hall–Kier alpha value is -2.07. The van der Waals surface area contributed by atoms with Crippen LogP contribution in [0.1, 0.15) is 30.9 Å². The lowest BCUT2D eigenvalue weighted by atomic mass is 9.96. The van der Waals surface area contributed by atoms with E-state index in [-0.39, 0.29) is 24.5 Å². The van der Waals surface area contributed by atoms with Crippen molar-refractivity contribution in [3.63, 3.8) is 0 Å². The topological polar surface area (TPSA) is 54.3 Å². The molecule has 0 bridgehead atoms. The van der Waals surface area contributed by atoms with E-state index in [0.717, 1.165) is 5.56 Å². The number of nitrogens with zero attached hydrogens (tertiary/aromatic N) is 1. The van der Waals surface area contributed by atoms with Crippen LogP contribution >= 0.6 is 0 Å². The van der Waals surface area contributed by atoms with Gasteiger partial charge in [-0.2, -0.15) is 0 Å². The maximum Gasteiger partial charge on any atom is 0.242 e. The van der Waals surface area contributed by atoms with Gasteiger partial charge < -0.3 is 15.0 Å². The van der Waals surface area contributed by atoms with Crippen molar-refractivity contribution in [3.8, 4) is 0 Å². The van der Waals surface area contributed by atoms with Crippen LogP contribution in [0.3, 0.4) is 0 Å². The van der Waals surface area contributed by atoms with Crippen molar-refractivity contribution in [3.05, 3.63) is 60.4 Å². The number of aromatic nitrogens is 1. The van der Waals surface area contributed by atoms with Gasteiger partial charge in [0.2, 0.25) is 5.91 Å². The molecule has 2 unspecified atom stereocenters. The average Bonchev–Trinajstić information content (AvgIpc) is 3.05. The zero-order valence-corrected chi connectivity index (χ0v) is 12.3. The minimum atomic E-state index is -0.231. The third kappa shape index (κ3) is 4.20. The molecule has 2 N–H and O–H groups in total. The highest BCUT2D eigenvalue weighted by molar-refractivity contribution is 5.79. The standard InChI is InChI=1S/C17H22N2O2/c1-14(19-10-5-6-11-19)17(21)18-13-16(9-12-20)15-7-3-2-4-8-15/h2-8,10-11,14,16,20H,9,12-13H2,1H3,(H,18,21). The molecule has 1 aromatic heterocycles. The number of aliphatic hydroxyl groups excluding tert-OH is 1. The summed E-state index contributed by atoms with van der Waals surface area (Å²) in [6.45, 7) is 2.52. The summed E-state index contributed by atoms with van der Waals surface area (Å²) in [7, 11) is 0. The summed E-state index contributed by atoms with van der Waals surface area (Å²) in [5, 5.41) is 12.2. The summed E-state index contributed by atoms with van der Waals surface area (Å²) in [5.74, 6) is 0.127. The molecule has 4 heteroatoms. The minimum Gasteiger partial charge on any atom is -0.396 e. The summed E-state index contributed by atoms with van der Waals surface area (Å²) in [5.41, 5.74) is 1.14. The molecule has 112 valence electrons. The van der Waals surface area contributed by atoms with E-state index < -0.39 is 0 Å². The van der Waals surface area contributed by atoms with Crippen LogP contribution in [-0.4, -0.2) is 28.7 Å². The molecule has 1 aromatic carbocycles. The lowest BCUT2D eigenvalue weighted by Crippen LogP contribution is -2.34. The zero-order valence-electron chi connectivity index (χ0n) is 12.3. The zero-order chi connectivity index (χ0) is 15.1. The first-order chi connectivity index (χ1) is 10.2. The van der Waals surface area contributed by atoms with Crippen LogP contribution in [0.4, 0.5) is 0 Å². The Bertz CT molecular complexity index is 537. The van der Waals surface area contributed by atoms with E-state index in [0.29, 0.717) is 13.0 Å². The average molecular weight is 286 g/mol. The van der Waals surface area contributed by atoms with Gasteiger partial charge in [-0.05, 0) is 31.0 Å². The van der Waals surface area contributed by atoms with Gasteiger partial charge in [-0.1, -0.05) is 30.3 Å². The molecular weight excluding hydrogens is 264 g/mol. The Morgan fingerprint density at radius 2 is 1.86 bits per heavy atom. The Balaban J connectivity index is 1.94. The van der Waals surface area contributed by atoms with E-state index in [9.17, 15) is 9.90 Å². The summed E-state index contributed by atoms with van der Waals surface area (Å²) in [6.07, 6.45) is 4.40. The van der Waals surface area contributed by atoms with E-state index in [1.807, 2.05) is 66.3 Å². The van der Waals surface area contributed by atoms with E-state index >= 15 is 0 Å². The smallest absolute Gasteiger partial charge is 0.242 e. The van der Waals surface area contributed by atoms with Gasteiger partial charge in [0.15, 0.2) is 0 Å². The maximum absolute atomic E-state index is 12.2. The van der Waals surface area contributed by atoms with Crippen LogP contribution in [0.25, 0.3) is 0 Å². The molecule has 0 fully saturated rings. The molecule has 0 radical (unpaired) electrons. The van der Waals surface area contributed by atoms with E-state index in [4.69, 9.17) is 0 Å². The molecule has 0 aliphatic rings.